The van der Waals surface area contributed by atoms with Gasteiger partial charge in [0.15, 0.2) is 0 Å². The Labute approximate surface area is 145 Å². The Morgan fingerprint density at radius 3 is 2.52 bits per heavy atom. The molecule has 2 heterocycles. The van der Waals surface area contributed by atoms with Crippen LogP contribution in [0.3, 0.4) is 0 Å². The average molecular weight is 378 g/mol. The van der Waals surface area contributed by atoms with Crippen LogP contribution >= 0.6 is 22.9 Å². The van der Waals surface area contributed by atoms with Crippen LogP contribution in [0.1, 0.15) is 12.8 Å². The van der Waals surface area contributed by atoms with E-state index in [9.17, 15) is 13.2 Å². The van der Waals surface area contributed by atoms with Gasteiger partial charge in [-0.15, -0.1) is 11.3 Å². The number of nitrogens with zero attached hydrogens (tertiary/aromatic N) is 2. The quantitative estimate of drug-likeness (QED) is 0.809. The molecule has 2 fully saturated rings. The monoisotopic (exact) mass is 377 g/mol. The first kappa shape index (κ1) is 17.2. The number of thiophene rings is 1. The summed E-state index contributed by atoms with van der Waals surface area (Å²) in [6.45, 7) is 2.76. The highest BCUT2D eigenvalue weighted by Crippen LogP contribution is 2.29. The zero-order valence-corrected chi connectivity index (χ0v) is 15.1. The summed E-state index contributed by atoms with van der Waals surface area (Å²) < 4.78 is 27.1. The van der Waals surface area contributed by atoms with E-state index in [1.807, 2.05) is 0 Å². The number of amides is 1. The lowest BCUT2D eigenvalue weighted by atomic mass is 10.3. The van der Waals surface area contributed by atoms with Crippen LogP contribution in [0.4, 0.5) is 0 Å². The number of nitrogens with one attached hydrogen (secondary N) is 1. The number of sulfonamides is 1. The van der Waals surface area contributed by atoms with Crippen molar-refractivity contribution in [2.24, 2.45) is 5.92 Å². The molecular formula is C14H20ClN3O3S2. The number of carbonyl (C=O) groups excluding carboxylic acids is 1. The lowest BCUT2D eigenvalue weighted by molar-refractivity contribution is -0.131. The summed E-state index contributed by atoms with van der Waals surface area (Å²) in [5, 5.41) is 3.18. The van der Waals surface area contributed by atoms with Crippen molar-refractivity contribution in [2.75, 3.05) is 39.3 Å². The van der Waals surface area contributed by atoms with Gasteiger partial charge in [-0.25, -0.2) is 8.42 Å². The van der Waals surface area contributed by atoms with Crippen LogP contribution in [0.25, 0.3) is 0 Å². The van der Waals surface area contributed by atoms with Gasteiger partial charge in [0.05, 0.1) is 10.9 Å². The van der Waals surface area contributed by atoms with Crippen LogP contribution in [0, 0.1) is 5.92 Å². The summed E-state index contributed by atoms with van der Waals surface area (Å²) in [4.78, 5) is 13.8. The molecule has 1 N–H and O–H groups in total. The van der Waals surface area contributed by atoms with Crippen LogP contribution in [0.15, 0.2) is 16.3 Å². The Bertz CT molecular complexity index is 665. The zero-order valence-electron chi connectivity index (χ0n) is 12.7. The molecule has 0 atom stereocenters. The van der Waals surface area contributed by atoms with Crippen LogP contribution in [-0.4, -0.2) is 62.8 Å². The van der Waals surface area contributed by atoms with Gasteiger partial charge in [-0.05, 0) is 37.4 Å². The summed E-state index contributed by atoms with van der Waals surface area (Å²) in [7, 11) is -3.50. The van der Waals surface area contributed by atoms with Gasteiger partial charge in [0.2, 0.25) is 5.91 Å². The van der Waals surface area contributed by atoms with Gasteiger partial charge in [0.1, 0.15) is 4.21 Å². The molecule has 1 saturated heterocycles. The third-order valence-electron chi connectivity index (χ3n) is 4.14. The van der Waals surface area contributed by atoms with E-state index in [0.717, 1.165) is 23.8 Å². The molecule has 0 aromatic carbocycles. The fourth-order valence-electron chi connectivity index (χ4n) is 2.56. The van der Waals surface area contributed by atoms with Gasteiger partial charge in [-0.2, -0.15) is 4.31 Å². The van der Waals surface area contributed by atoms with E-state index in [-0.39, 0.29) is 10.1 Å². The Hall–Kier alpha value is -0.670. The molecule has 1 amide bonds. The number of hydrogen-bond acceptors (Lipinski definition) is 5. The Balaban J connectivity index is 1.50. The molecular weight excluding hydrogens is 358 g/mol. The minimum absolute atomic E-state index is 0.0434. The number of rotatable bonds is 6. The average Bonchev–Trinajstić information content (AvgIpc) is 3.25. The number of carbonyl (C=O) groups is 1. The van der Waals surface area contributed by atoms with Gasteiger partial charge >= 0.3 is 0 Å². The third kappa shape index (κ3) is 4.24. The minimum Gasteiger partial charge on any atom is -0.339 e. The molecule has 128 valence electrons. The van der Waals surface area contributed by atoms with E-state index in [4.69, 9.17) is 11.6 Å². The summed E-state index contributed by atoms with van der Waals surface area (Å²) in [5.41, 5.74) is 0. The Morgan fingerprint density at radius 2 is 1.96 bits per heavy atom. The van der Waals surface area contributed by atoms with Crippen LogP contribution in [-0.2, 0) is 14.8 Å². The lowest BCUT2D eigenvalue weighted by Gasteiger charge is -2.33. The Morgan fingerprint density at radius 1 is 1.26 bits per heavy atom. The first-order valence-corrected chi connectivity index (χ1v) is 10.3. The van der Waals surface area contributed by atoms with Crippen LogP contribution in [0.5, 0.6) is 0 Å². The van der Waals surface area contributed by atoms with Crippen molar-refractivity contribution in [3.8, 4) is 0 Å². The molecule has 1 aromatic rings. The highest BCUT2D eigenvalue weighted by molar-refractivity contribution is 7.91. The highest BCUT2D eigenvalue weighted by atomic mass is 35.5. The normalized spacial score (nSPS) is 20.0. The van der Waals surface area contributed by atoms with Crippen molar-refractivity contribution in [3.05, 3.63) is 16.5 Å². The number of halogens is 1. The van der Waals surface area contributed by atoms with Crippen molar-refractivity contribution in [2.45, 2.75) is 17.1 Å². The Kier molecular flexibility index (Phi) is 5.27. The van der Waals surface area contributed by atoms with Crippen LogP contribution in [0.2, 0.25) is 4.34 Å². The minimum atomic E-state index is -3.50. The third-order valence-corrected chi connectivity index (χ3v) is 7.74. The first-order valence-electron chi connectivity index (χ1n) is 7.71. The second-order valence-electron chi connectivity index (χ2n) is 5.92. The molecule has 0 bridgehead atoms. The molecule has 0 radical (unpaired) electrons. The molecule has 0 unspecified atom stereocenters. The van der Waals surface area contributed by atoms with Crippen molar-refractivity contribution >= 4 is 38.9 Å². The molecule has 1 aliphatic heterocycles. The van der Waals surface area contributed by atoms with Crippen molar-refractivity contribution < 1.29 is 13.2 Å². The largest absolute Gasteiger partial charge is 0.339 e. The summed E-state index contributed by atoms with van der Waals surface area (Å²) >= 11 is 6.88. The lowest BCUT2D eigenvalue weighted by Crippen LogP contribution is -2.52. The molecule has 9 heteroatoms. The topological polar surface area (TPSA) is 69.7 Å². The first-order chi connectivity index (χ1) is 11.0. The molecule has 6 nitrogen and oxygen atoms in total. The molecule has 1 aliphatic carbocycles. The smallest absolute Gasteiger partial charge is 0.252 e. The second kappa shape index (κ2) is 7.06. The number of piperazine rings is 1. The van der Waals surface area contributed by atoms with E-state index in [2.05, 4.69) is 5.32 Å². The van der Waals surface area contributed by atoms with E-state index >= 15 is 0 Å². The maximum Gasteiger partial charge on any atom is 0.252 e. The zero-order chi connectivity index (χ0) is 16.4. The SMILES string of the molecule is O=C(CNCC1CC1)N1CCN(S(=O)(=O)c2ccc(Cl)s2)CC1. The molecule has 2 aliphatic rings. The summed E-state index contributed by atoms with van der Waals surface area (Å²) in [6.07, 6.45) is 2.51. The fraction of sp³-hybridized carbons (Fsp3) is 0.643. The van der Waals surface area contributed by atoms with Crippen LogP contribution < -0.4 is 5.32 Å². The standard InChI is InChI=1S/C14H20ClN3O3S2/c15-12-3-4-14(22-12)23(20,21)18-7-5-17(6-8-18)13(19)10-16-9-11-1-2-11/h3-4,11,16H,1-2,5-10H2. The summed E-state index contributed by atoms with van der Waals surface area (Å²) in [5.74, 6) is 0.782. The second-order valence-corrected chi connectivity index (χ2v) is 9.80. The highest BCUT2D eigenvalue weighted by Gasteiger charge is 2.31. The fourth-order valence-corrected chi connectivity index (χ4v) is 5.62. The van der Waals surface area contributed by atoms with E-state index in [1.54, 1.807) is 11.0 Å². The molecule has 0 spiro atoms. The van der Waals surface area contributed by atoms with Crippen molar-refractivity contribution in [1.82, 2.24) is 14.5 Å². The van der Waals surface area contributed by atoms with Gasteiger partial charge in [-0.3, -0.25) is 4.79 Å². The van der Waals surface area contributed by atoms with Gasteiger partial charge in [0.25, 0.3) is 10.0 Å². The van der Waals surface area contributed by atoms with Crippen molar-refractivity contribution in [3.63, 3.8) is 0 Å². The molecule has 3 rings (SSSR count). The molecule has 1 saturated carbocycles. The maximum atomic E-state index is 12.5. The summed E-state index contributed by atoms with van der Waals surface area (Å²) in [6, 6.07) is 3.12. The van der Waals surface area contributed by atoms with E-state index in [1.165, 1.54) is 23.2 Å². The van der Waals surface area contributed by atoms with E-state index < -0.39 is 10.0 Å². The van der Waals surface area contributed by atoms with Crippen molar-refractivity contribution in [1.29, 1.82) is 0 Å². The predicted octanol–water partition coefficient (Wildman–Crippen LogP) is 1.23. The van der Waals surface area contributed by atoms with E-state index in [0.29, 0.717) is 37.1 Å². The van der Waals surface area contributed by atoms with Gasteiger partial charge < -0.3 is 10.2 Å². The predicted molar refractivity (Wildman–Crippen MR) is 90.3 cm³/mol. The van der Waals surface area contributed by atoms with Gasteiger partial charge in [0, 0.05) is 26.2 Å². The number of hydrogen-bond donors (Lipinski definition) is 1. The maximum absolute atomic E-state index is 12.5. The van der Waals surface area contributed by atoms with Gasteiger partial charge in [-0.1, -0.05) is 11.6 Å². The molecule has 1 aromatic heterocycles. The molecule has 23 heavy (non-hydrogen) atoms.